The van der Waals surface area contributed by atoms with Gasteiger partial charge in [-0.3, -0.25) is 0 Å². The molecule has 1 saturated carbocycles. The van der Waals surface area contributed by atoms with Crippen LogP contribution < -0.4 is 10.1 Å². The fraction of sp³-hybridized carbons (Fsp3) is 0.296. The van der Waals surface area contributed by atoms with Crippen molar-refractivity contribution in [3.8, 4) is 5.75 Å². The normalized spacial score (nSPS) is 24.5. The maximum Gasteiger partial charge on any atom is 0.412 e. The Kier molecular flexibility index (Phi) is 5.24. The van der Waals surface area contributed by atoms with Gasteiger partial charge in [0.2, 0.25) is 0 Å². The molecule has 158 valence electrons. The van der Waals surface area contributed by atoms with Gasteiger partial charge in [0.25, 0.3) is 0 Å². The van der Waals surface area contributed by atoms with Crippen LogP contribution in [0.4, 0.5) is 4.79 Å². The molecule has 1 unspecified atom stereocenters. The minimum Gasteiger partial charge on any atom is -0.410 e. The van der Waals surface area contributed by atoms with E-state index in [1.54, 1.807) is 0 Å². The number of hydrogen-bond donors (Lipinski definition) is 1. The molecule has 1 fully saturated rings. The fourth-order valence-corrected chi connectivity index (χ4v) is 4.95. The zero-order valence-corrected chi connectivity index (χ0v) is 17.7. The van der Waals surface area contributed by atoms with Crippen LogP contribution in [0.15, 0.2) is 78.9 Å². The number of amides is 1. The van der Waals surface area contributed by atoms with Gasteiger partial charge < -0.3 is 14.8 Å². The Hall–Kier alpha value is -3.11. The molecule has 5 rings (SSSR count). The minimum absolute atomic E-state index is 0.0343. The molecule has 3 aromatic rings. The largest absolute Gasteiger partial charge is 0.412 e. The van der Waals surface area contributed by atoms with Crippen molar-refractivity contribution >= 4 is 6.09 Å². The lowest BCUT2D eigenvalue weighted by Gasteiger charge is -2.38. The third kappa shape index (κ3) is 3.84. The van der Waals surface area contributed by atoms with Gasteiger partial charge in [-0.2, -0.15) is 0 Å². The quantitative estimate of drug-likeness (QED) is 0.569. The zero-order valence-electron chi connectivity index (χ0n) is 17.7. The van der Waals surface area contributed by atoms with Crippen molar-refractivity contribution in [1.29, 1.82) is 0 Å². The van der Waals surface area contributed by atoms with Gasteiger partial charge in [0.1, 0.15) is 11.9 Å². The number of benzene rings is 3. The Bertz CT molecular complexity index is 1070. The van der Waals surface area contributed by atoms with Crippen molar-refractivity contribution < 1.29 is 14.3 Å². The van der Waals surface area contributed by atoms with E-state index in [0.29, 0.717) is 5.75 Å². The summed E-state index contributed by atoms with van der Waals surface area (Å²) in [5, 5.41) is 3.05. The van der Waals surface area contributed by atoms with Gasteiger partial charge in [-0.1, -0.05) is 72.8 Å². The average molecular weight is 414 g/mol. The SMILES string of the molecule is Cc1ccccc1OC(=O)NC1CCC2(CC1)OC(c1ccccc1)c1ccccc12. The molecule has 31 heavy (non-hydrogen) atoms. The summed E-state index contributed by atoms with van der Waals surface area (Å²) in [5.74, 6) is 0.603. The molecule has 4 heteroatoms. The van der Waals surface area contributed by atoms with Crippen LogP contribution in [0.5, 0.6) is 5.75 Å². The summed E-state index contributed by atoms with van der Waals surface area (Å²) in [6.07, 6.45) is 3.06. The van der Waals surface area contributed by atoms with Crippen molar-refractivity contribution in [2.75, 3.05) is 0 Å². The Morgan fingerprint density at radius 3 is 2.39 bits per heavy atom. The number of aryl methyl sites for hydroxylation is 1. The summed E-state index contributed by atoms with van der Waals surface area (Å²) in [4.78, 5) is 12.4. The Morgan fingerprint density at radius 1 is 0.935 bits per heavy atom. The molecular formula is C27H27NO3. The fourth-order valence-electron chi connectivity index (χ4n) is 4.95. The average Bonchev–Trinajstić information content (AvgIpc) is 3.12. The third-order valence-electron chi connectivity index (χ3n) is 6.59. The number of carbonyl (C=O) groups excluding carboxylic acids is 1. The zero-order chi connectivity index (χ0) is 21.3. The van der Waals surface area contributed by atoms with Crippen molar-refractivity contribution in [1.82, 2.24) is 5.32 Å². The molecule has 2 aliphatic rings. The Balaban J connectivity index is 1.27. The molecule has 1 aliphatic heterocycles. The van der Waals surface area contributed by atoms with Crippen LogP contribution in [-0.4, -0.2) is 12.1 Å². The number of nitrogens with one attached hydrogen (secondary N) is 1. The van der Waals surface area contributed by atoms with E-state index in [2.05, 4.69) is 53.8 Å². The highest BCUT2D eigenvalue weighted by atomic mass is 16.6. The number of carbonyl (C=O) groups is 1. The second-order valence-corrected chi connectivity index (χ2v) is 8.56. The molecule has 0 saturated heterocycles. The first kappa shape index (κ1) is 19.8. The molecule has 1 atom stereocenters. The summed E-state index contributed by atoms with van der Waals surface area (Å²) >= 11 is 0. The van der Waals surface area contributed by atoms with E-state index in [1.807, 2.05) is 37.3 Å². The Labute approximate surface area is 183 Å². The number of rotatable bonds is 3. The van der Waals surface area contributed by atoms with E-state index in [0.717, 1.165) is 31.2 Å². The van der Waals surface area contributed by atoms with Crippen LogP contribution in [0, 0.1) is 6.92 Å². The first-order valence-electron chi connectivity index (χ1n) is 11.0. The predicted octanol–water partition coefficient (Wildman–Crippen LogP) is 6.04. The number of ether oxygens (including phenoxy) is 2. The van der Waals surface area contributed by atoms with Gasteiger partial charge in [0.15, 0.2) is 0 Å². The van der Waals surface area contributed by atoms with E-state index in [4.69, 9.17) is 9.47 Å². The highest BCUT2D eigenvalue weighted by Crippen LogP contribution is 2.53. The van der Waals surface area contributed by atoms with Gasteiger partial charge in [-0.05, 0) is 60.9 Å². The standard InChI is InChI=1S/C27H27NO3/c1-19-9-5-8-14-24(19)30-26(29)28-21-15-17-27(18-16-21)23-13-7-6-12-22(23)25(31-27)20-10-3-2-4-11-20/h2-14,21,25H,15-18H2,1H3,(H,28,29). The molecule has 0 radical (unpaired) electrons. The molecule has 0 aromatic heterocycles. The maximum atomic E-state index is 12.4. The van der Waals surface area contributed by atoms with Gasteiger partial charge in [0.05, 0.1) is 5.60 Å². The van der Waals surface area contributed by atoms with Crippen LogP contribution in [0.2, 0.25) is 0 Å². The third-order valence-corrected chi connectivity index (χ3v) is 6.59. The topological polar surface area (TPSA) is 47.6 Å². The Morgan fingerprint density at radius 2 is 1.61 bits per heavy atom. The van der Waals surface area contributed by atoms with Crippen LogP contribution in [0.25, 0.3) is 0 Å². The van der Waals surface area contributed by atoms with Crippen LogP contribution in [0.3, 0.4) is 0 Å². The van der Waals surface area contributed by atoms with E-state index in [1.165, 1.54) is 16.7 Å². The van der Waals surface area contributed by atoms with Crippen LogP contribution in [-0.2, 0) is 10.3 Å². The number of para-hydroxylation sites is 1. The lowest BCUT2D eigenvalue weighted by atomic mass is 9.77. The second-order valence-electron chi connectivity index (χ2n) is 8.56. The van der Waals surface area contributed by atoms with Gasteiger partial charge in [0, 0.05) is 6.04 Å². The first-order valence-corrected chi connectivity index (χ1v) is 11.0. The van der Waals surface area contributed by atoms with E-state index < -0.39 is 0 Å². The highest BCUT2D eigenvalue weighted by Gasteiger charge is 2.47. The molecule has 1 amide bonds. The second kappa shape index (κ2) is 8.20. The van der Waals surface area contributed by atoms with Crippen LogP contribution in [0.1, 0.15) is 54.0 Å². The smallest absolute Gasteiger partial charge is 0.410 e. The summed E-state index contributed by atoms with van der Waals surface area (Å²) in [6, 6.07) is 26.7. The number of fused-ring (bicyclic) bond motifs is 2. The van der Waals surface area contributed by atoms with Gasteiger partial charge in [-0.25, -0.2) is 4.79 Å². The van der Waals surface area contributed by atoms with E-state index >= 15 is 0 Å². The molecule has 4 nitrogen and oxygen atoms in total. The monoisotopic (exact) mass is 413 g/mol. The van der Waals surface area contributed by atoms with Crippen molar-refractivity contribution in [3.63, 3.8) is 0 Å². The van der Waals surface area contributed by atoms with E-state index in [9.17, 15) is 4.79 Å². The van der Waals surface area contributed by atoms with E-state index in [-0.39, 0.29) is 23.8 Å². The lowest BCUT2D eigenvalue weighted by molar-refractivity contribution is -0.0878. The lowest BCUT2D eigenvalue weighted by Crippen LogP contribution is -2.43. The number of hydrogen-bond acceptors (Lipinski definition) is 3. The summed E-state index contributed by atoms with van der Waals surface area (Å²) < 4.78 is 12.3. The van der Waals surface area contributed by atoms with Gasteiger partial charge >= 0.3 is 6.09 Å². The van der Waals surface area contributed by atoms with Crippen molar-refractivity contribution in [2.24, 2.45) is 0 Å². The summed E-state index contributed by atoms with van der Waals surface area (Å²) in [7, 11) is 0. The molecular weight excluding hydrogens is 386 g/mol. The van der Waals surface area contributed by atoms with Crippen molar-refractivity contribution in [3.05, 3.63) is 101 Å². The minimum atomic E-state index is -0.384. The highest BCUT2D eigenvalue weighted by molar-refractivity contribution is 5.71. The van der Waals surface area contributed by atoms with Crippen molar-refractivity contribution in [2.45, 2.75) is 50.4 Å². The molecule has 1 heterocycles. The molecule has 3 aromatic carbocycles. The molecule has 1 aliphatic carbocycles. The maximum absolute atomic E-state index is 12.4. The summed E-state index contributed by atoms with van der Waals surface area (Å²) in [6.45, 7) is 1.94. The summed E-state index contributed by atoms with van der Waals surface area (Å²) in [5.41, 5.74) is 4.41. The molecule has 0 bridgehead atoms. The van der Waals surface area contributed by atoms with Gasteiger partial charge in [-0.15, -0.1) is 0 Å². The van der Waals surface area contributed by atoms with Crippen LogP contribution >= 0.6 is 0 Å². The first-order chi connectivity index (χ1) is 15.1. The predicted molar refractivity (Wildman–Crippen MR) is 120 cm³/mol. The molecule has 1 spiro atoms. The molecule has 1 N–H and O–H groups in total.